The maximum Gasteiger partial charge on any atom is 0.183 e. The number of piperidine rings is 1. The number of unbranched alkanes of at least 4 members (excludes halogenated alkanes) is 1. The van der Waals surface area contributed by atoms with E-state index < -0.39 is 0 Å². The van der Waals surface area contributed by atoms with E-state index in [-0.39, 0.29) is 11.2 Å². The summed E-state index contributed by atoms with van der Waals surface area (Å²) in [6.45, 7) is 2.46. The van der Waals surface area contributed by atoms with Gasteiger partial charge in [-0.2, -0.15) is 0 Å². The van der Waals surface area contributed by atoms with E-state index in [9.17, 15) is 9.50 Å². The summed E-state index contributed by atoms with van der Waals surface area (Å²) in [4.78, 5) is 4.78. The zero-order valence-corrected chi connectivity index (χ0v) is 18.0. The van der Waals surface area contributed by atoms with Crippen LogP contribution in [0, 0.1) is 5.82 Å². The number of anilines is 1. The molecule has 0 unspecified atom stereocenters. The number of phenols is 1. The number of benzene rings is 2. The van der Waals surface area contributed by atoms with E-state index in [0.29, 0.717) is 18.1 Å². The smallest absolute Gasteiger partial charge is 0.183 e. The Bertz CT molecular complexity index is 984. The maximum absolute atomic E-state index is 13.0. The first-order valence-corrected chi connectivity index (χ1v) is 11.3. The molecule has 3 aromatic rings. The highest BCUT2D eigenvalue weighted by molar-refractivity contribution is 7.22. The molecule has 0 spiro atoms. The summed E-state index contributed by atoms with van der Waals surface area (Å²) < 4.78 is 19.9. The minimum atomic E-state index is -0.257. The van der Waals surface area contributed by atoms with Crippen molar-refractivity contribution >= 4 is 26.7 Å². The van der Waals surface area contributed by atoms with Gasteiger partial charge in [0.25, 0.3) is 0 Å². The van der Waals surface area contributed by atoms with E-state index in [1.807, 2.05) is 19.2 Å². The Morgan fingerprint density at radius 1 is 1.17 bits per heavy atom. The molecule has 3 N–H and O–H groups in total. The lowest BCUT2D eigenvalue weighted by atomic mass is 9.69. The summed E-state index contributed by atoms with van der Waals surface area (Å²) in [7, 11) is 1.87. The molecule has 0 bridgehead atoms. The lowest BCUT2D eigenvalue weighted by molar-refractivity contribution is 0.254. The zero-order chi connectivity index (χ0) is 21.0. The Morgan fingerprint density at radius 3 is 2.67 bits per heavy atom. The predicted octanol–water partition coefficient (Wildman–Crippen LogP) is 5.05. The summed E-state index contributed by atoms with van der Waals surface area (Å²) >= 11 is 1.62. The number of nitrogens with one attached hydrogen (secondary N) is 2. The van der Waals surface area contributed by atoms with Gasteiger partial charge in [-0.1, -0.05) is 11.3 Å². The monoisotopic (exact) mass is 429 g/mol. The summed E-state index contributed by atoms with van der Waals surface area (Å²) in [5.41, 5.74) is 1.83. The van der Waals surface area contributed by atoms with Gasteiger partial charge in [0.2, 0.25) is 0 Å². The highest BCUT2D eigenvalue weighted by Gasteiger charge is 2.37. The van der Waals surface area contributed by atoms with Crippen LogP contribution >= 0.6 is 11.3 Å². The molecular weight excluding hydrogens is 401 g/mol. The molecule has 4 rings (SSSR count). The van der Waals surface area contributed by atoms with Gasteiger partial charge in [-0.05, 0) is 81.6 Å². The number of aromatic hydroxyl groups is 1. The molecule has 0 atom stereocenters. The average molecular weight is 430 g/mol. The van der Waals surface area contributed by atoms with Crippen molar-refractivity contribution in [3.63, 3.8) is 0 Å². The second-order valence-electron chi connectivity index (χ2n) is 7.87. The largest absolute Gasteiger partial charge is 0.508 e. The Morgan fingerprint density at radius 2 is 1.93 bits per heavy atom. The minimum absolute atomic E-state index is 0.0934. The normalized spacial score (nSPS) is 15.9. The number of aromatic nitrogens is 1. The van der Waals surface area contributed by atoms with Crippen molar-refractivity contribution in [1.29, 1.82) is 0 Å². The van der Waals surface area contributed by atoms with Gasteiger partial charge in [-0.25, -0.2) is 9.37 Å². The fourth-order valence-corrected chi connectivity index (χ4v) is 5.26. The van der Waals surface area contributed by atoms with Crippen LogP contribution in [0.3, 0.4) is 0 Å². The van der Waals surface area contributed by atoms with E-state index in [4.69, 9.17) is 9.72 Å². The second-order valence-corrected chi connectivity index (χ2v) is 8.90. The molecule has 2 aromatic carbocycles. The summed E-state index contributed by atoms with van der Waals surface area (Å²) in [6.07, 6.45) is 4.82. The molecule has 160 valence electrons. The van der Waals surface area contributed by atoms with Crippen LogP contribution < -0.4 is 15.4 Å². The van der Waals surface area contributed by atoms with Crippen LogP contribution in [0.15, 0.2) is 36.4 Å². The highest BCUT2D eigenvalue weighted by Crippen LogP contribution is 2.47. The summed E-state index contributed by atoms with van der Waals surface area (Å²) in [5, 5.41) is 18.3. The topological polar surface area (TPSA) is 66.4 Å². The number of fused-ring (bicyclic) bond motifs is 1. The fourth-order valence-electron chi connectivity index (χ4n) is 4.43. The molecular formula is C23H28FN3O2S. The van der Waals surface area contributed by atoms with Gasteiger partial charge in [0.05, 0.1) is 16.8 Å². The van der Waals surface area contributed by atoms with Crippen LogP contribution in [0.2, 0.25) is 0 Å². The third kappa shape index (κ3) is 4.37. The van der Waals surface area contributed by atoms with Crippen LogP contribution in [0.5, 0.6) is 11.5 Å². The molecule has 1 aromatic heterocycles. The molecule has 7 heteroatoms. The van der Waals surface area contributed by atoms with E-state index in [1.165, 1.54) is 12.1 Å². The summed E-state index contributed by atoms with van der Waals surface area (Å²) in [6, 6.07) is 9.91. The quantitative estimate of drug-likeness (QED) is 0.437. The Hall–Kier alpha value is -2.38. The molecule has 0 radical (unpaired) electrons. The van der Waals surface area contributed by atoms with Crippen molar-refractivity contribution in [1.82, 2.24) is 10.3 Å². The Labute approximate surface area is 180 Å². The van der Waals surface area contributed by atoms with Gasteiger partial charge in [0, 0.05) is 18.0 Å². The molecule has 1 saturated heterocycles. The second kappa shape index (κ2) is 9.18. The van der Waals surface area contributed by atoms with Gasteiger partial charge >= 0.3 is 0 Å². The standard InChI is InChI=1S/C23H28FN3O2S/c1-25-22-27-21-19(30-22)9-8-18(28)20(21)23(11-13-26-14-12-23)10-2-3-15-29-17-6-4-16(24)5-7-17/h4-9,26,28H,2-3,10-15H2,1H3,(H,25,27). The van der Waals surface area contributed by atoms with Crippen molar-refractivity contribution in [3.05, 3.63) is 47.8 Å². The predicted molar refractivity (Wildman–Crippen MR) is 120 cm³/mol. The van der Waals surface area contributed by atoms with Crippen LogP contribution in [-0.2, 0) is 5.41 Å². The van der Waals surface area contributed by atoms with Crippen LogP contribution in [-0.4, -0.2) is 36.8 Å². The molecule has 0 aliphatic carbocycles. The van der Waals surface area contributed by atoms with Crippen LogP contribution in [0.1, 0.15) is 37.7 Å². The average Bonchev–Trinajstić information content (AvgIpc) is 3.18. The molecule has 1 aliphatic heterocycles. The SMILES string of the molecule is CNc1nc2c(C3(CCCCOc4ccc(F)cc4)CCNCC3)c(O)ccc2s1. The van der Waals surface area contributed by atoms with Gasteiger partial charge in [-0.15, -0.1) is 0 Å². The number of ether oxygens (including phenoxy) is 1. The molecule has 1 fully saturated rings. The van der Waals surface area contributed by atoms with Crippen molar-refractivity contribution in [2.75, 3.05) is 32.1 Å². The van der Waals surface area contributed by atoms with Gasteiger partial charge < -0.3 is 20.5 Å². The number of hydrogen-bond acceptors (Lipinski definition) is 6. The first kappa shape index (κ1) is 20.9. The lowest BCUT2D eigenvalue weighted by Crippen LogP contribution is -2.40. The van der Waals surface area contributed by atoms with Crippen molar-refractivity contribution in [3.8, 4) is 11.5 Å². The number of halogens is 1. The molecule has 2 heterocycles. The maximum atomic E-state index is 13.0. The van der Waals surface area contributed by atoms with E-state index in [2.05, 4.69) is 10.6 Å². The van der Waals surface area contributed by atoms with E-state index >= 15 is 0 Å². The number of nitrogens with zero attached hydrogens (tertiary/aromatic N) is 1. The van der Waals surface area contributed by atoms with Gasteiger partial charge in [0.15, 0.2) is 5.13 Å². The number of hydrogen-bond donors (Lipinski definition) is 3. The third-order valence-electron chi connectivity index (χ3n) is 5.98. The molecule has 0 saturated carbocycles. The lowest BCUT2D eigenvalue weighted by Gasteiger charge is -2.39. The van der Waals surface area contributed by atoms with E-state index in [1.54, 1.807) is 23.5 Å². The highest BCUT2D eigenvalue weighted by atomic mass is 32.1. The first-order valence-electron chi connectivity index (χ1n) is 10.5. The van der Waals surface area contributed by atoms with Gasteiger partial charge in [0.1, 0.15) is 17.3 Å². The summed E-state index contributed by atoms with van der Waals surface area (Å²) in [5.74, 6) is 0.782. The van der Waals surface area contributed by atoms with E-state index in [0.717, 1.165) is 66.1 Å². The molecule has 30 heavy (non-hydrogen) atoms. The van der Waals surface area contributed by atoms with Crippen molar-refractivity contribution < 1.29 is 14.2 Å². The zero-order valence-electron chi connectivity index (χ0n) is 17.2. The Balaban J connectivity index is 1.49. The number of thiazole rings is 1. The molecule has 5 nitrogen and oxygen atoms in total. The number of rotatable bonds is 8. The van der Waals surface area contributed by atoms with Crippen LogP contribution in [0.25, 0.3) is 10.2 Å². The molecule has 0 amide bonds. The van der Waals surface area contributed by atoms with Crippen molar-refractivity contribution in [2.45, 2.75) is 37.5 Å². The molecule has 1 aliphatic rings. The third-order valence-corrected chi connectivity index (χ3v) is 7.01. The first-order chi connectivity index (χ1) is 14.6. The number of phenolic OH excluding ortho intramolecular Hbond substituents is 1. The van der Waals surface area contributed by atoms with Crippen molar-refractivity contribution in [2.24, 2.45) is 0 Å². The fraction of sp³-hybridized carbons (Fsp3) is 0.435. The van der Waals surface area contributed by atoms with Crippen LogP contribution in [0.4, 0.5) is 9.52 Å². The Kier molecular flexibility index (Phi) is 6.39. The van der Waals surface area contributed by atoms with Gasteiger partial charge in [-0.3, -0.25) is 0 Å². The minimum Gasteiger partial charge on any atom is -0.508 e.